The van der Waals surface area contributed by atoms with Gasteiger partial charge in [0.25, 0.3) is 0 Å². The summed E-state index contributed by atoms with van der Waals surface area (Å²) >= 11 is 0. The summed E-state index contributed by atoms with van der Waals surface area (Å²) in [6.07, 6.45) is -2.88. The molecule has 4 heterocycles. The highest BCUT2D eigenvalue weighted by Gasteiger charge is 2.39. The van der Waals surface area contributed by atoms with Crippen LogP contribution in [0, 0.1) is 6.92 Å². The van der Waals surface area contributed by atoms with Gasteiger partial charge in [0, 0.05) is 39.4 Å². The van der Waals surface area contributed by atoms with E-state index in [-0.39, 0.29) is 0 Å². The van der Waals surface area contributed by atoms with Crippen LogP contribution in [0.1, 0.15) is 48.8 Å². The van der Waals surface area contributed by atoms with Crippen LogP contribution in [0.4, 0.5) is 26.3 Å². The lowest BCUT2D eigenvalue weighted by atomic mass is 10.1. The second-order valence-electron chi connectivity index (χ2n) is 9.29. The van der Waals surface area contributed by atoms with Gasteiger partial charge in [0.2, 0.25) is 0 Å². The number of aliphatic carboxylic acids is 2. The highest BCUT2D eigenvalue weighted by molar-refractivity contribution is 5.73. The van der Waals surface area contributed by atoms with Crippen molar-refractivity contribution in [2.24, 2.45) is 7.05 Å². The summed E-state index contributed by atoms with van der Waals surface area (Å²) in [6.45, 7) is 8.83. The van der Waals surface area contributed by atoms with E-state index in [2.05, 4.69) is 43.7 Å². The van der Waals surface area contributed by atoms with Gasteiger partial charge in [-0.2, -0.15) is 36.5 Å². The van der Waals surface area contributed by atoms with Crippen molar-refractivity contribution in [1.29, 1.82) is 0 Å². The van der Waals surface area contributed by atoms with Gasteiger partial charge in [0.05, 0.1) is 23.1 Å². The molecule has 1 unspecified atom stereocenters. The van der Waals surface area contributed by atoms with Crippen LogP contribution in [-0.2, 0) is 29.7 Å². The standard InChI is InChI=1S/C19H30N6.2C2HF3O2/c1-16-12-19(22(2)21-16)15-24-13-17-6-8-20-25(17)18(14-24)7-11-23-9-4-3-5-10-23;2*3-2(4,5)1(6)7/h6,8,12,18H,3-5,7,9-11,13-15H2,1-2H3;2*(H,6,7). The molecule has 0 bridgehead atoms. The number of nitrogens with zero attached hydrogens (tertiary/aromatic N) is 6. The first kappa shape index (κ1) is 32.1. The number of alkyl halides is 6. The zero-order chi connectivity index (χ0) is 29.4. The molecule has 4 rings (SSSR count). The minimum absolute atomic E-state index is 0.481. The smallest absolute Gasteiger partial charge is 0.475 e. The summed E-state index contributed by atoms with van der Waals surface area (Å²) in [5, 5.41) is 23.4. The van der Waals surface area contributed by atoms with E-state index in [0.29, 0.717) is 6.04 Å². The average Bonchev–Trinajstić information content (AvgIpc) is 3.43. The van der Waals surface area contributed by atoms with Crippen molar-refractivity contribution in [3.63, 3.8) is 0 Å². The fourth-order valence-electron chi connectivity index (χ4n) is 4.35. The Balaban J connectivity index is 0.000000317. The van der Waals surface area contributed by atoms with Crippen LogP contribution in [0.3, 0.4) is 0 Å². The van der Waals surface area contributed by atoms with E-state index in [1.54, 1.807) is 0 Å². The summed E-state index contributed by atoms with van der Waals surface area (Å²) < 4.78 is 67.8. The highest BCUT2D eigenvalue weighted by Crippen LogP contribution is 2.25. The highest BCUT2D eigenvalue weighted by atomic mass is 19.4. The van der Waals surface area contributed by atoms with Crippen LogP contribution in [0.15, 0.2) is 18.3 Å². The SMILES string of the molecule is Cc1cc(CN2Cc3ccnn3C(CCN3CCCCC3)C2)n(C)n1.O=C(O)C(F)(F)F.O=C(O)C(F)(F)F. The van der Waals surface area contributed by atoms with Crippen molar-refractivity contribution in [3.05, 3.63) is 35.4 Å². The first-order chi connectivity index (χ1) is 18.1. The lowest BCUT2D eigenvalue weighted by molar-refractivity contribution is -0.193. The molecule has 0 radical (unpaired) electrons. The Morgan fingerprint density at radius 2 is 1.56 bits per heavy atom. The zero-order valence-corrected chi connectivity index (χ0v) is 21.5. The van der Waals surface area contributed by atoms with Crippen molar-refractivity contribution in [3.8, 4) is 0 Å². The van der Waals surface area contributed by atoms with Crippen molar-refractivity contribution in [2.75, 3.05) is 26.2 Å². The Morgan fingerprint density at radius 1 is 1.00 bits per heavy atom. The average molecular weight is 571 g/mol. The van der Waals surface area contributed by atoms with Crippen LogP contribution in [0.2, 0.25) is 0 Å². The Kier molecular flexibility index (Phi) is 11.3. The van der Waals surface area contributed by atoms with Crippen LogP contribution in [0.5, 0.6) is 0 Å². The molecule has 1 atom stereocenters. The molecule has 0 amide bonds. The quantitative estimate of drug-likeness (QED) is 0.524. The monoisotopic (exact) mass is 570 g/mol. The fraction of sp³-hybridized carbons (Fsp3) is 0.652. The molecule has 2 N–H and O–H groups in total. The number of carboxylic acid groups (broad SMARTS) is 2. The molecule has 0 spiro atoms. The number of piperidine rings is 1. The van der Waals surface area contributed by atoms with Crippen LogP contribution in [0.25, 0.3) is 0 Å². The Bertz CT molecular complexity index is 1050. The van der Waals surface area contributed by atoms with E-state index in [1.165, 1.54) is 56.7 Å². The van der Waals surface area contributed by atoms with E-state index < -0.39 is 24.3 Å². The van der Waals surface area contributed by atoms with Gasteiger partial charge in [-0.1, -0.05) is 6.42 Å². The van der Waals surface area contributed by atoms with E-state index >= 15 is 0 Å². The molecule has 16 heteroatoms. The normalized spacial score (nSPS) is 18.3. The maximum absolute atomic E-state index is 10.6. The van der Waals surface area contributed by atoms with Crippen molar-refractivity contribution in [2.45, 2.75) is 64.1 Å². The third-order valence-corrected chi connectivity index (χ3v) is 6.15. The molecule has 39 heavy (non-hydrogen) atoms. The number of carboxylic acids is 2. The summed E-state index contributed by atoms with van der Waals surface area (Å²) in [5.41, 5.74) is 3.73. The molecule has 10 nitrogen and oxygen atoms in total. The van der Waals surface area contributed by atoms with Gasteiger partial charge in [-0.15, -0.1) is 0 Å². The topological polar surface area (TPSA) is 117 Å². The third-order valence-electron chi connectivity index (χ3n) is 6.15. The molecule has 1 fully saturated rings. The van der Waals surface area contributed by atoms with E-state index in [9.17, 15) is 26.3 Å². The maximum Gasteiger partial charge on any atom is 0.490 e. The first-order valence-electron chi connectivity index (χ1n) is 12.1. The molecule has 220 valence electrons. The van der Waals surface area contributed by atoms with Gasteiger partial charge in [-0.05, 0) is 51.4 Å². The van der Waals surface area contributed by atoms with Gasteiger partial charge < -0.3 is 15.1 Å². The molecule has 0 aliphatic carbocycles. The molecule has 2 aromatic heterocycles. The molecule has 1 saturated heterocycles. The molecular formula is C23H32F6N6O4. The van der Waals surface area contributed by atoms with Gasteiger partial charge in [-0.25, -0.2) is 9.59 Å². The number of hydrogen-bond acceptors (Lipinski definition) is 6. The van der Waals surface area contributed by atoms with E-state index in [1.807, 2.05) is 17.9 Å². The maximum atomic E-state index is 10.6. The van der Waals surface area contributed by atoms with Crippen LogP contribution >= 0.6 is 0 Å². The summed E-state index contributed by atoms with van der Waals surface area (Å²) in [7, 11) is 2.05. The molecular weight excluding hydrogens is 538 g/mol. The summed E-state index contributed by atoms with van der Waals surface area (Å²) in [6, 6.07) is 4.86. The zero-order valence-electron chi connectivity index (χ0n) is 21.5. The number of carbonyl (C=O) groups is 2. The number of fused-ring (bicyclic) bond motifs is 1. The number of hydrogen-bond donors (Lipinski definition) is 2. The van der Waals surface area contributed by atoms with Crippen LogP contribution < -0.4 is 0 Å². The van der Waals surface area contributed by atoms with E-state index in [0.717, 1.165) is 25.3 Å². The number of likely N-dealkylation sites (tertiary alicyclic amines) is 1. The van der Waals surface area contributed by atoms with Crippen LogP contribution in [-0.4, -0.2) is 90.0 Å². The van der Waals surface area contributed by atoms with Crippen molar-refractivity contribution >= 4 is 11.9 Å². The largest absolute Gasteiger partial charge is 0.490 e. The second-order valence-corrected chi connectivity index (χ2v) is 9.29. The molecule has 0 aromatic carbocycles. The Labute approximate surface area is 220 Å². The van der Waals surface area contributed by atoms with Gasteiger partial charge >= 0.3 is 24.3 Å². The fourth-order valence-corrected chi connectivity index (χ4v) is 4.35. The van der Waals surface area contributed by atoms with Crippen molar-refractivity contribution < 1.29 is 46.1 Å². The summed E-state index contributed by atoms with van der Waals surface area (Å²) in [5.74, 6) is -5.51. The molecule has 2 aliphatic rings. The minimum Gasteiger partial charge on any atom is -0.475 e. The first-order valence-corrected chi connectivity index (χ1v) is 12.1. The van der Waals surface area contributed by atoms with Crippen molar-refractivity contribution in [1.82, 2.24) is 29.4 Å². The summed E-state index contributed by atoms with van der Waals surface area (Å²) in [4.78, 5) is 23.0. The Hall–Kier alpha value is -3.14. The predicted octanol–water partition coefficient (Wildman–Crippen LogP) is 3.62. The van der Waals surface area contributed by atoms with Gasteiger partial charge in [-0.3, -0.25) is 14.3 Å². The van der Waals surface area contributed by atoms with E-state index in [4.69, 9.17) is 19.8 Å². The number of rotatable bonds is 5. The lowest BCUT2D eigenvalue weighted by Crippen LogP contribution is -2.40. The second kappa shape index (κ2) is 13.8. The number of halogens is 6. The third kappa shape index (κ3) is 10.5. The Morgan fingerprint density at radius 3 is 2.05 bits per heavy atom. The molecule has 0 saturated carbocycles. The van der Waals surface area contributed by atoms with Gasteiger partial charge in [0.1, 0.15) is 0 Å². The predicted molar refractivity (Wildman–Crippen MR) is 126 cm³/mol. The van der Waals surface area contributed by atoms with Gasteiger partial charge in [0.15, 0.2) is 0 Å². The lowest BCUT2D eigenvalue weighted by Gasteiger charge is -2.35. The minimum atomic E-state index is -5.08. The molecule has 2 aromatic rings. The number of aromatic nitrogens is 4. The molecule has 2 aliphatic heterocycles. The number of aryl methyl sites for hydroxylation is 2.